The molecule has 2 atom stereocenters. The molecule has 33 heavy (non-hydrogen) atoms. The molecule has 0 aliphatic heterocycles. The summed E-state index contributed by atoms with van der Waals surface area (Å²) < 4.78 is 20.1. The average Bonchev–Trinajstić information content (AvgIpc) is 2.66. The normalized spacial score (nSPS) is 13.8. The Kier molecular flexibility index (Phi) is 14.3. The zero-order chi connectivity index (χ0) is 25.7. The molecular formula is C25H44O8. The topological polar surface area (TPSA) is 105 Å². The van der Waals surface area contributed by atoms with Gasteiger partial charge in [-0.25, -0.2) is 0 Å². The third-order valence-electron chi connectivity index (χ3n) is 5.83. The standard InChI is InChI=1S/C25H44O8/c1-18(11-9-13-24(3,4)30-7)15-20(26)32-22(28)17-23(29)33-21(27)16-19(2)12-10-14-25(5,6)31-8/h18-19H,9-17H2,1-8H3. The van der Waals surface area contributed by atoms with Crippen molar-refractivity contribution in [2.24, 2.45) is 11.8 Å². The molecule has 0 aliphatic rings. The summed E-state index contributed by atoms with van der Waals surface area (Å²) in [6.07, 6.45) is 4.40. The fraction of sp³-hybridized carbons (Fsp3) is 0.840. The number of carbonyl (C=O) groups is 4. The summed E-state index contributed by atoms with van der Waals surface area (Å²) in [5.74, 6) is -3.35. The molecule has 0 saturated heterocycles. The Bertz CT molecular complexity index is 584. The summed E-state index contributed by atoms with van der Waals surface area (Å²) in [5.41, 5.74) is -0.431. The first-order valence-corrected chi connectivity index (χ1v) is 11.8. The minimum atomic E-state index is -1.01. The van der Waals surface area contributed by atoms with Gasteiger partial charge in [0.25, 0.3) is 0 Å². The molecule has 0 amide bonds. The van der Waals surface area contributed by atoms with E-state index in [0.717, 1.165) is 38.5 Å². The van der Waals surface area contributed by atoms with E-state index in [-0.39, 0.29) is 35.9 Å². The number of carbonyl (C=O) groups excluding carboxylic acids is 4. The van der Waals surface area contributed by atoms with Gasteiger partial charge >= 0.3 is 23.9 Å². The van der Waals surface area contributed by atoms with Crippen molar-refractivity contribution in [3.05, 3.63) is 0 Å². The van der Waals surface area contributed by atoms with Crippen LogP contribution in [0.1, 0.15) is 99.3 Å². The van der Waals surface area contributed by atoms with Gasteiger partial charge in [-0.15, -0.1) is 0 Å². The number of rotatable bonds is 16. The summed E-state index contributed by atoms with van der Waals surface area (Å²) in [5, 5.41) is 0. The zero-order valence-corrected chi connectivity index (χ0v) is 21.8. The first-order chi connectivity index (χ1) is 15.2. The van der Waals surface area contributed by atoms with Crippen LogP contribution in [0, 0.1) is 11.8 Å². The molecule has 0 saturated carbocycles. The molecule has 0 aromatic carbocycles. The lowest BCUT2D eigenvalue weighted by molar-refractivity contribution is -0.166. The van der Waals surface area contributed by atoms with Gasteiger partial charge in [0.1, 0.15) is 6.42 Å². The summed E-state index contributed by atoms with van der Waals surface area (Å²) in [6.45, 7) is 11.8. The Hall–Kier alpha value is -1.80. The third-order valence-corrected chi connectivity index (χ3v) is 5.83. The van der Waals surface area contributed by atoms with Crippen LogP contribution < -0.4 is 0 Å². The third kappa shape index (κ3) is 16.5. The molecule has 0 spiro atoms. The fourth-order valence-corrected chi connectivity index (χ4v) is 3.26. The summed E-state index contributed by atoms with van der Waals surface area (Å²) in [7, 11) is 3.33. The smallest absolute Gasteiger partial charge is 0.324 e. The quantitative estimate of drug-likeness (QED) is 0.234. The molecule has 192 valence electrons. The Labute approximate surface area is 199 Å². The van der Waals surface area contributed by atoms with E-state index in [4.69, 9.17) is 18.9 Å². The summed E-state index contributed by atoms with van der Waals surface area (Å²) >= 11 is 0. The largest absolute Gasteiger partial charge is 0.393 e. The second-order valence-electron chi connectivity index (χ2n) is 10.2. The van der Waals surface area contributed by atoms with Crippen molar-refractivity contribution in [2.45, 2.75) is 111 Å². The summed E-state index contributed by atoms with van der Waals surface area (Å²) in [4.78, 5) is 47.5. The molecule has 0 heterocycles. The molecule has 0 rings (SSSR count). The van der Waals surface area contributed by atoms with Crippen molar-refractivity contribution in [3.8, 4) is 0 Å². The minimum Gasteiger partial charge on any atom is -0.393 e. The van der Waals surface area contributed by atoms with Crippen LogP contribution in [0.25, 0.3) is 0 Å². The highest BCUT2D eigenvalue weighted by atomic mass is 16.6. The Morgan fingerprint density at radius 3 is 1.27 bits per heavy atom. The number of ether oxygens (including phenoxy) is 4. The van der Waals surface area contributed by atoms with Crippen molar-refractivity contribution in [3.63, 3.8) is 0 Å². The predicted octanol–water partition coefficient (Wildman–Crippen LogP) is 4.76. The van der Waals surface area contributed by atoms with Crippen LogP contribution in [0.4, 0.5) is 0 Å². The first-order valence-electron chi connectivity index (χ1n) is 11.8. The molecule has 0 aromatic rings. The van der Waals surface area contributed by atoms with Gasteiger partial charge < -0.3 is 18.9 Å². The lowest BCUT2D eigenvalue weighted by atomic mass is 9.95. The summed E-state index contributed by atoms with van der Waals surface area (Å²) in [6, 6.07) is 0. The molecule has 8 heteroatoms. The van der Waals surface area contributed by atoms with Gasteiger partial charge in [0.05, 0.1) is 11.2 Å². The van der Waals surface area contributed by atoms with Crippen molar-refractivity contribution in [2.75, 3.05) is 14.2 Å². The van der Waals surface area contributed by atoms with E-state index in [1.165, 1.54) is 0 Å². The predicted molar refractivity (Wildman–Crippen MR) is 124 cm³/mol. The lowest BCUT2D eigenvalue weighted by Gasteiger charge is -2.23. The van der Waals surface area contributed by atoms with Crippen molar-refractivity contribution >= 4 is 23.9 Å². The molecule has 0 fully saturated rings. The second kappa shape index (κ2) is 15.2. The highest BCUT2D eigenvalue weighted by Gasteiger charge is 2.22. The van der Waals surface area contributed by atoms with Gasteiger partial charge in [-0.1, -0.05) is 39.5 Å². The number of methoxy groups -OCH3 is 2. The maximum Gasteiger partial charge on any atom is 0.324 e. The number of hydrogen-bond acceptors (Lipinski definition) is 8. The van der Waals surface area contributed by atoms with Gasteiger partial charge in [-0.05, 0) is 52.4 Å². The monoisotopic (exact) mass is 472 g/mol. The first kappa shape index (κ1) is 31.2. The van der Waals surface area contributed by atoms with E-state index < -0.39 is 30.3 Å². The van der Waals surface area contributed by atoms with E-state index in [9.17, 15) is 19.2 Å². The van der Waals surface area contributed by atoms with Gasteiger partial charge in [0.15, 0.2) is 0 Å². The second-order valence-corrected chi connectivity index (χ2v) is 10.2. The maximum atomic E-state index is 11.9. The Morgan fingerprint density at radius 2 is 0.970 bits per heavy atom. The van der Waals surface area contributed by atoms with E-state index >= 15 is 0 Å². The van der Waals surface area contributed by atoms with Crippen molar-refractivity contribution in [1.82, 2.24) is 0 Å². The molecule has 0 radical (unpaired) electrons. The van der Waals surface area contributed by atoms with Crippen LogP contribution >= 0.6 is 0 Å². The highest BCUT2D eigenvalue weighted by Crippen LogP contribution is 2.21. The molecule has 0 N–H and O–H groups in total. The van der Waals surface area contributed by atoms with Gasteiger partial charge in [-0.3, -0.25) is 19.2 Å². The highest BCUT2D eigenvalue weighted by molar-refractivity contribution is 5.99. The average molecular weight is 473 g/mol. The van der Waals surface area contributed by atoms with Crippen LogP contribution in [0.15, 0.2) is 0 Å². The SMILES string of the molecule is COC(C)(C)CCCC(C)CC(=O)OC(=O)CC(=O)OC(=O)CC(C)CCCC(C)(C)OC. The van der Waals surface area contributed by atoms with Gasteiger partial charge in [-0.2, -0.15) is 0 Å². The van der Waals surface area contributed by atoms with Crippen LogP contribution in [0.3, 0.4) is 0 Å². The fourth-order valence-electron chi connectivity index (χ4n) is 3.26. The molecular weight excluding hydrogens is 428 g/mol. The van der Waals surface area contributed by atoms with Crippen LogP contribution in [0.5, 0.6) is 0 Å². The van der Waals surface area contributed by atoms with E-state index in [1.807, 2.05) is 41.5 Å². The van der Waals surface area contributed by atoms with Gasteiger partial charge in [0.2, 0.25) is 0 Å². The Balaban J connectivity index is 4.16. The lowest BCUT2D eigenvalue weighted by Crippen LogP contribution is -2.23. The minimum absolute atomic E-state index is 0.0300. The number of esters is 4. The zero-order valence-electron chi connectivity index (χ0n) is 21.8. The van der Waals surface area contributed by atoms with E-state index in [2.05, 4.69) is 0 Å². The molecule has 0 bridgehead atoms. The maximum absolute atomic E-state index is 11.9. The van der Waals surface area contributed by atoms with Crippen LogP contribution in [-0.2, 0) is 38.1 Å². The van der Waals surface area contributed by atoms with E-state index in [0.29, 0.717) is 0 Å². The van der Waals surface area contributed by atoms with Crippen LogP contribution in [0.2, 0.25) is 0 Å². The Morgan fingerprint density at radius 1 is 0.636 bits per heavy atom. The van der Waals surface area contributed by atoms with E-state index in [1.54, 1.807) is 14.2 Å². The molecule has 2 unspecified atom stereocenters. The number of hydrogen-bond donors (Lipinski definition) is 0. The van der Waals surface area contributed by atoms with Crippen molar-refractivity contribution in [1.29, 1.82) is 0 Å². The molecule has 8 nitrogen and oxygen atoms in total. The molecule has 0 aliphatic carbocycles. The van der Waals surface area contributed by atoms with Gasteiger partial charge in [0, 0.05) is 27.1 Å². The van der Waals surface area contributed by atoms with Crippen molar-refractivity contribution < 1.29 is 38.1 Å². The molecule has 0 aromatic heterocycles. The van der Waals surface area contributed by atoms with Crippen LogP contribution in [-0.4, -0.2) is 49.3 Å².